The zero-order valence-electron chi connectivity index (χ0n) is 13.9. The number of rotatable bonds is 4. The molecule has 138 valence electrons. The quantitative estimate of drug-likeness (QED) is 0.629. The molecule has 0 aliphatic carbocycles. The van der Waals surface area contributed by atoms with Gasteiger partial charge >= 0.3 is 0 Å². The van der Waals surface area contributed by atoms with Gasteiger partial charge in [-0.1, -0.05) is 52.5 Å². The number of benzene rings is 2. The van der Waals surface area contributed by atoms with Crippen LogP contribution in [0.3, 0.4) is 0 Å². The number of nitrogens with zero attached hydrogens (tertiary/aromatic N) is 1. The van der Waals surface area contributed by atoms with Gasteiger partial charge < -0.3 is 5.32 Å². The predicted molar refractivity (Wildman–Crippen MR) is 110 cm³/mol. The minimum absolute atomic E-state index is 0.0154. The second kappa shape index (κ2) is 8.81. The molecule has 1 fully saturated rings. The minimum Gasteiger partial charge on any atom is -0.324 e. The van der Waals surface area contributed by atoms with Crippen molar-refractivity contribution in [1.82, 2.24) is 4.90 Å². The summed E-state index contributed by atoms with van der Waals surface area (Å²) in [6.45, 7) is 2.42. The maximum Gasteiger partial charge on any atom is 0.227 e. The van der Waals surface area contributed by atoms with Gasteiger partial charge in [-0.25, -0.2) is 0 Å². The average Bonchev–Trinajstić information content (AvgIpc) is 2.61. The number of anilines is 1. The molecule has 26 heavy (non-hydrogen) atoms. The molecule has 2 aromatic rings. The lowest BCUT2D eigenvalue weighted by molar-refractivity contribution is -0.121. The number of halogens is 4. The number of carbonyl (C=O) groups excluding carboxylic acids is 1. The van der Waals surface area contributed by atoms with Gasteiger partial charge in [-0.2, -0.15) is 0 Å². The molecule has 0 saturated carbocycles. The molecule has 3 rings (SSSR count). The monoisotopic (exact) mass is 430 g/mol. The van der Waals surface area contributed by atoms with Crippen molar-refractivity contribution in [1.29, 1.82) is 0 Å². The van der Waals surface area contributed by atoms with E-state index in [1.807, 2.05) is 12.1 Å². The van der Waals surface area contributed by atoms with Crippen LogP contribution in [0.4, 0.5) is 5.69 Å². The van der Waals surface area contributed by atoms with E-state index in [0.717, 1.165) is 38.0 Å². The molecular formula is C19H18Cl4N2O. The summed E-state index contributed by atoms with van der Waals surface area (Å²) in [4.78, 5) is 14.8. The number of piperidine rings is 1. The van der Waals surface area contributed by atoms with Crippen LogP contribution in [0.15, 0.2) is 36.4 Å². The van der Waals surface area contributed by atoms with Gasteiger partial charge in [-0.15, -0.1) is 0 Å². The van der Waals surface area contributed by atoms with Gasteiger partial charge in [-0.05, 0) is 61.8 Å². The molecule has 1 aliphatic heterocycles. The van der Waals surface area contributed by atoms with Crippen LogP contribution in [0.1, 0.15) is 18.4 Å². The minimum atomic E-state index is -0.0398. The van der Waals surface area contributed by atoms with Crippen LogP contribution in [0.2, 0.25) is 20.1 Å². The van der Waals surface area contributed by atoms with E-state index in [9.17, 15) is 4.79 Å². The molecule has 0 bridgehead atoms. The number of carbonyl (C=O) groups is 1. The number of likely N-dealkylation sites (tertiary alicyclic amines) is 1. The summed E-state index contributed by atoms with van der Waals surface area (Å²) in [5.74, 6) is -0.0552. The Morgan fingerprint density at radius 1 is 0.962 bits per heavy atom. The van der Waals surface area contributed by atoms with Crippen molar-refractivity contribution < 1.29 is 4.79 Å². The summed E-state index contributed by atoms with van der Waals surface area (Å²) >= 11 is 24.3. The van der Waals surface area contributed by atoms with E-state index >= 15 is 0 Å². The highest BCUT2D eigenvalue weighted by Crippen LogP contribution is 2.28. The van der Waals surface area contributed by atoms with Crippen LogP contribution in [0, 0.1) is 5.92 Å². The molecule has 0 radical (unpaired) electrons. The smallest absolute Gasteiger partial charge is 0.227 e. The Morgan fingerprint density at radius 2 is 1.62 bits per heavy atom. The molecule has 1 heterocycles. The highest BCUT2D eigenvalue weighted by molar-refractivity contribution is 6.36. The first kappa shape index (κ1) is 19.8. The largest absolute Gasteiger partial charge is 0.324 e. The Bertz CT molecular complexity index is 804. The molecule has 1 aliphatic rings. The van der Waals surface area contributed by atoms with Crippen molar-refractivity contribution in [2.75, 3.05) is 18.4 Å². The van der Waals surface area contributed by atoms with E-state index < -0.39 is 0 Å². The molecule has 0 unspecified atom stereocenters. The van der Waals surface area contributed by atoms with E-state index in [2.05, 4.69) is 10.2 Å². The second-order valence-corrected chi connectivity index (χ2v) is 8.09. The first-order valence-corrected chi connectivity index (χ1v) is 9.86. The van der Waals surface area contributed by atoms with Crippen LogP contribution in [-0.2, 0) is 11.3 Å². The van der Waals surface area contributed by atoms with Crippen LogP contribution in [0.25, 0.3) is 0 Å². The summed E-state index contributed by atoms with van der Waals surface area (Å²) in [5.41, 5.74) is 1.60. The van der Waals surface area contributed by atoms with E-state index in [-0.39, 0.29) is 11.8 Å². The normalized spacial score (nSPS) is 15.8. The fraction of sp³-hybridized carbons (Fsp3) is 0.316. The third-order valence-electron chi connectivity index (χ3n) is 4.55. The van der Waals surface area contributed by atoms with Crippen molar-refractivity contribution in [2.45, 2.75) is 19.4 Å². The maximum absolute atomic E-state index is 12.5. The molecule has 1 amide bonds. The summed E-state index contributed by atoms with van der Waals surface area (Å²) in [6.07, 6.45) is 1.57. The molecular weight excluding hydrogens is 414 g/mol. The fourth-order valence-corrected chi connectivity index (χ4v) is 3.88. The Kier molecular flexibility index (Phi) is 6.70. The average molecular weight is 432 g/mol. The molecule has 0 spiro atoms. The summed E-state index contributed by atoms with van der Waals surface area (Å²) < 4.78 is 0. The number of nitrogens with one attached hydrogen (secondary N) is 1. The molecule has 0 aromatic heterocycles. The molecule has 1 N–H and O–H groups in total. The fourth-order valence-electron chi connectivity index (χ4n) is 3.07. The third-order valence-corrected chi connectivity index (χ3v) is 5.71. The van der Waals surface area contributed by atoms with E-state index in [1.54, 1.807) is 24.3 Å². The van der Waals surface area contributed by atoms with Crippen molar-refractivity contribution in [3.63, 3.8) is 0 Å². The summed E-state index contributed by atoms with van der Waals surface area (Å²) in [7, 11) is 0. The standard InChI is InChI=1S/C19H18Cl4N2O/c20-14-2-1-13(17(23)9-14)11-25-7-5-12(6-8-25)19(26)24-18-10-15(21)3-4-16(18)22/h1-4,9-10,12H,5-8,11H2,(H,24,26). The SMILES string of the molecule is O=C(Nc1cc(Cl)ccc1Cl)C1CCN(Cc2ccc(Cl)cc2Cl)CC1. The topological polar surface area (TPSA) is 32.3 Å². The van der Waals surface area contributed by atoms with E-state index in [0.29, 0.717) is 25.8 Å². The Morgan fingerprint density at radius 3 is 2.31 bits per heavy atom. The lowest BCUT2D eigenvalue weighted by Crippen LogP contribution is -2.37. The summed E-state index contributed by atoms with van der Waals surface area (Å²) in [6, 6.07) is 10.6. The van der Waals surface area contributed by atoms with Crippen LogP contribution < -0.4 is 5.32 Å². The van der Waals surface area contributed by atoms with Gasteiger partial charge in [0, 0.05) is 27.5 Å². The molecule has 2 aromatic carbocycles. The van der Waals surface area contributed by atoms with Crippen molar-refractivity contribution in [3.05, 3.63) is 62.1 Å². The Balaban J connectivity index is 1.54. The van der Waals surface area contributed by atoms with Gasteiger partial charge in [0.1, 0.15) is 0 Å². The second-order valence-electron chi connectivity index (χ2n) is 6.40. The van der Waals surface area contributed by atoms with Crippen molar-refractivity contribution in [3.8, 4) is 0 Å². The van der Waals surface area contributed by atoms with Gasteiger partial charge in [0.15, 0.2) is 0 Å². The zero-order valence-corrected chi connectivity index (χ0v) is 17.0. The molecule has 0 atom stereocenters. The Hall–Kier alpha value is -0.970. The molecule has 1 saturated heterocycles. The molecule has 3 nitrogen and oxygen atoms in total. The Labute approximate surface area is 173 Å². The van der Waals surface area contributed by atoms with Crippen LogP contribution in [-0.4, -0.2) is 23.9 Å². The van der Waals surface area contributed by atoms with Crippen molar-refractivity contribution in [2.24, 2.45) is 5.92 Å². The first-order chi connectivity index (χ1) is 12.4. The van der Waals surface area contributed by atoms with Crippen LogP contribution in [0.5, 0.6) is 0 Å². The van der Waals surface area contributed by atoms with E-state index in [4.69, 9.17) is 46.4 Å². The highest BCUT2D eigenvalue weighted by Gasteiger charge is 2.25. The summed E-state index contributed by atoms with van der Waals surface area (Å²) in [5, 5.41) is 5.22. The van der Waals surface area contributed by atoms with E-state index in [1.165, 1.54) is 0 Å². The number of amides is 1. The van der Waals surface area contributed by atoms with Gasteiger partial charge in [-0.3, -0.25) is 9.69 Å². The van der Waals surface area contributed by atoms with Crippen LogP contribution >= 0.6 is 46.4 Å². The maximum atomic E-state index is 12.5. The van der Waals surface area contributed by atoms with Gasteiger partial charge in [0.25, 0.3) is 0 Å². The number of hydrogen-bond donors (Lipinski definition) is 1. The molecule has 7 heteroatoms. The number of hydrogen-bond acceptors (Lipinski definition) is 2. The zero-order chi connectivity index (χ0) is 18.7. The van der Waals surface area contributed by atoms with Crippen molar-refractivity contribution >= 4 is 58.0 Å². The van der Waals surface area contributed by atoms with Gasteiger partial charge in [0.05, 0.1) is 10.7 Å². The lowest BCUT2D eigenvalue weighted by atomic mass is 9.95. The third kappa shape index (κ3) is 5.05. The predicted octanol–water partition coefficient (Wildman–Crippen LogP) is 6.15. The first-order valence-electron chi connectivity index (χ1n) is 8.34. The highest BCUT2D eigenvalue weighted by atomic mass is 35.5. The lowest BCUT2D eigenvalue weighted by Gasteiger charge is -2.31. The van der Waals surface area contributed by atoms with Gasteiger partial charge in [0.2, 0.25) is 5.91 Å².